The van der Waals surface area contributed by atoms with Crippen molar-refractivity contribution < 1.29 is 43.5 Å². The number of aromatic hydroxyl groups is 3. The zero-order valence-corrected chi connectivity index (χ0v) is 20.7. The summed E-state index contributed by atoms with van der Waals surface area (Å²) in [6, 6.07) is 17.7. The van der Waals surface area contributed by atoms with Gasteiger partial charge in [0.1, 0.15) is 28.9 Å². The predicted molar refractivity (Wildman–Crippen MR) is 138 cm³/mol. The number of phenolic OH excluding ortho intramolecular Hbond substituents is 3. The first-order chi connectivity index (χ1) is 18.7. The van der Waals surface area contributed by atoms with Crippen molar-refractivity contribution in [3.05, 3.63) is 71.8 Å². The lowest BCUT2D eigenvalue weighted by atomic mass is 9.98. The number of methoxy groups -OCH3 is 2. The number of hydrogen-bond donors (Lipinski definition) is 4. The van der Waals surface area contributed by atoms with Crippen molar-refractivity contribution in [2.75, 3.05) is 26.1 Å². The maximum Gasteiger partial charge on any atom is 0.338 e. The number of nitriles is 1. The SMILES string of the molecule is COc1ccc(-c2oc(NC(=O)COC(=O)c3cc(O)c(O)c(O)c3)c(C#N)c2-c2ccc(OC)cc2)cc1. The van der Waals surface area contributed by atoms with Crippen molar-refractivity contribution in [3.8, 4) is 57.3 Å². The lowest BCUT2D eigenvalue weighted by Crippen LogP contribution is -2.21. The smallest absolute Gasteiger partial charge is 0.338 e. The van der Waals surface area contributed by atoms with E-state index in [-0.39, 0.29) is 17.0 Å². The summed E-state index contributed by atoms with van der Waals surface area (Å²) in [6.45, 7) is -0.775. The first kappa shape index (κ1) is 26.4. The summed E-state index contributed by atoms with van der Waals surface area (Å²) in [5, 5.41) is 41.0. The second kappa shape index (κ2) is 11.2. The van der Waals surface area contributed by atoms with E-state index in [0.717, 1.165) is 12.1 Å². The third kappa shape index (κ3) is 5.55. The summed E-state index contributed by atoms with van der Waals surface area (Å²) in [6.07, 6.45) is 0. The average Bonchev–Trinajstić information content (AvgIpc) is 3.32. The number of esters is 1. The van der Waals surface area contributed by atoms with Crippen LogP contribution in [0, 0.1) is 11.3 Å². The number of amides is 1. The van der Waals surface area contributed by atoms with Crippen molar-refractivity contribution in [3.63, 3.8) is 0 Å². The highest BCUT2D eigenvalue weighted by atomic mass is 16.5. The Bertz CT molecular complexity index is 1540. The Morgan fingerprint density at radius 2 is 1.44 bits per heavy atom. The van der Waals surface area contributed by atoms with E-state index in [0.29, 0.717) is 33.9 Å². The second-order valence-corrected chi connectivity index (χ2v) is 8.07. The Labute approximate surface area is 222 Å². The van der Waals surface area contributed by atoms with E-state index >= 15 is 0 Å². The van der Waals surface area contributed by atoms with Gasteiger partial charge < -0.3 is 33.9 Å². The summed E-state index contributed by atoms with van der Waals surface area (Å²) in [7, 11) is 3.07. The number of rotatable bonds is 8. The quantitative estimate of drug-likeness (QED) is 0.189. The maximum atomic E-state index is 12.6. The molecule has 11 heteroatoms. The molecule has 0 saturated carbocycles. The number of nitrogens with zero attached hydrogens (tertiary/aromatic N) is 1. The van der Waals surface area contributed by atoms with Crippen molar-refractivity contribution in [2.24, 2.45) is 0 Å². The molecule has 11 nitrogen and oxygen atoms in total. The third-order valence-electron chi connectivity index (χ3n) is 5.64. The molecule has 0 atom stereocenters. The molecule has 1 aromatic heterocycles. The zero-order valence-electron chi connectivity index (χ0n) is 20.7. The number of carbonyl (C=O) groups excluding carboxylic acids is 2. The molecule has 0 fully saturated rings. The van der Waals surface area contributed by atoms with Crippen molar-refractivity contribution >= 4 is 17.8 Å². The van der Waals surface area contributed by atoms with E-state index in [9.17, 15) is 30.2 Å². The Morgan fingerprint density at radius 3 is 1.95 bits per heavy atom. The molecule has 0 radical (unpaired) electrons. The number of carbonyl (C=O) groups is 2. The lowest BCUT2D eigenvalue weighted by molar-refractivity contribution is -0.119. The van der Waals surface area contributed by atoms with Crippen molar-refractivity contribution in [1.82, 2.24) is 0 Å². The molecule has 0 aliphatic heterocycles. The monoisotopic (exact) mass is 530 g/mol. The van der Waals surface area contributed by atoms with Crippen LogP contribution >= 0.6 is 0 Å². The minimum atomic E-state index is -1.05. The fraction of sp³-hybridized carbons (Fsp3) is 0.107. The van der Waals surface area contributed by atoms with E-state index in [1.165, 1.54) is 14.2 Å². The molecule has 198 valence electrons. The molecule has 0 aliphatic rings. The van der Waals surface area contributed by atoms with Gasteiger partial charge in [0.2, 0.25) is 5.88 Å². The largest absolute Gasteiger partial charge is 0.504 e. The molecule has 4 N–H and O–H groups in total. The molecule has 0 bridgehead atoms. The molecule has 0 saturated heterocycles. The standard InChI is InChI=1S/C28H22N2O9/c1-36-18-7-3-15(4-8-18)24-20(13-29)27(39-26(24)16-5-9-19(37-2)10-6-16)30-23(33)14-38-28(35)17-11-21(31)25(34)22(32)12-17/h3-12,31-32,34H,14H2,1-2H3,(H,30,33). The molecule has 0 aliphatic carbocycles. The van der Waals surface area contributed by atoms with Crippen LogP contribution in [0.2, 0.25) is 0 Å². The summed E-state index contributed by atoms with van der Waals surface area (Å²) < 4.78 is 21.3. The number of benzene rings is 3. The van der Waals surface area contributed by atoms with Gasteiger partial charge in [0.15, 0.2) is 23.9 Å². The molecule has 39 heavy (non-hydrogen) atoms. The maximum absolute atomic E-state index is 12.6. The molecule has 3 aromatic carbocycles. The van der Waals surface area contributed by atoms with Gasteiger partial charge in [-0.05, 0) is 54.1 Å². The first-order valence-corrected chi connectivity index (χ1v) is 11.3. The first-order valence-electron chi connectivity index (χ1n) is 11.3. The number of hydrogen-bond acceptors (Lipinski definition) is 10. The number of phenols is 3. The van der Waals surface area contributed by atoms with Crippen LogP contribution in [0.4, 0.5) is 5.88 Å². The summed E-state index contributed by atoms with van der Waals surface area (Å²) >= 11 is 0. The van der Waals surface area contributed by atoms with E-state index in [1.54, 1.807) is 48.5 Å². The van der Waals surface area contributed by atoms with E-state index in [2.05, 4.69) is 11.4 Å². The van der Waals surface area contributed by atoms with Gasteiger partial charge in [-0.1, -0.05) is 12.1 Å². The highest BCUT2D eigenvalue weighted by Gasteiger charge is 2.25. The summed E-state index contributed by atoms with van der Waals surface area (Å²) in [4.78, 5) is 24.9. The number of ether oxygens (including phenoxy) is 3. The molecule has 0 unspecified atom stereocenters. The molecule has 1 heterocycles. The van der Waals surface area contributed by atoms with E-state index < -0.39 is 35.7 Å². The van der Waals surface area contributed by atoms with Gasteiger partial charge in [0.25, 0.3) is 5.91 Å². The fourth-order valence-electron chi connectivity index (χ4n) is 3.70. The minimum absolute atomic E-state index is 0.0408. The van der Waals surface area contributed by atoms with Crippen LogP contribution in [0.1, 0.15) is 15.9 Å². The average molecular weight is 530 g/mol. The van der Waals surface area contributed by atoms with Crippen LogP contribution in [-0.4, -0.2) is 48.0 Å². The highest BCUT2D eigenvalue weighted by molar-refractivity contribution is 5.98. The minimum Gasteiger partial charge on any atom is -0.504 e. The Balaban J connectivity index is 1.63. The normalized spacial score (nSPS) is 10.4. The van der Waals surface area contributed by atoms with Crippen LogP contribution in [0.15, 0.2) is 65.1 Å². The number of anilines is 1. The molecular formula is C28H22N2O9. The predicted octanol–water partition coefficient (Wildman–Crippen LogP) is 4.41. The Morgan fingerprint density at radius 1 is 0.897 bits per heavy atom. The fourth-order valence-corrected chi connectivity index (χ4v) is 3.70. The van der Waals surface area contributed by atoms with E-state index in [1.807, 2.05) is 0 Å². The lowest BCUT2D eigenvalue weighted by Gasteiger charge is -2.07. The zero-order chi connectivity index (χ0) is 28.1. The Kier molecular flexibility index (Phi) is 7.58. The molecule has 4 aromatic rings. The third-order valence-corrected chi connectivity index (χ3v) is 5.64. The molecular weight excluding hydrogens is 508 g/mol. The van der Waals surface area contributed by atoms with Gasteiger partial charge in [-0.15, -0.1) is 0 Å². The van der Waals surface area contributed by atoms with Gasteiger partial charge in [-0.2, -0.15) is 5.26 Å². The van der Waals surface area contributed by atoms with Crippen LogP contribution in [0.25, 0.3) is 22.5 Å². The van der Waals surface area contributed by atoms with Crippen molar-refractivity contribution in [2.45, 2.75) is 0 Å². The van der Waals surface area contributed by atoms with Crippen LogP contribution in [0.3, 0.4) is 0 Å². The topological polar surface area (TPSA) is 171 Å². The molecule has 4 rings (SSSR count). The van der Waals surface area contributed by atoms with Crippen LogP contribution < -0.4 is 14.8 Å². The van der Waals surface area contributed by atoms with E-state index in [4.69, 9.17) is 18.6 Å². The summed E-state index contributed by atoms with van der Waals surface area (Å²) in [5.74, 6) is -2.77. The molecule has 1 amide bonds. The molecule has 0 spiro atoms. The van der Waals surface area contributed by atoms with Gasteiger partial charge in [0, 0.05) is 11.1 Å². The second-order valence-electron chi connectivity index (χ2n) is 8.07. The van der Waals surface area contributed by atoms with Crippen molar-refractivity contribution in [1.29, 1.82) is 5.26 Å². The van der Waals surface area contributed by atoms with Crippen LogP contribution in [0.5, 0.6) is 28.7 Å². The highest BCUT2D eigenvalue weighted by Crippen LogP contribution is 2.42. The van der Waals surface area contributed by atoms with Crippen LogP contribution in [-0.2, 0) is 9.53 Å². The van der Waals surface area contributed by atoms with Gasteiger partial charge >= 0.3 is 5.97 Å². The summed E-state index contributed by atoms with van der Waals surface area (Å²) in [5.41, 5.74) is 1.40. The number of nitrogens with one attached hydrogen (secondary N) is 1. The number of furan rings is 1. The van der Waals surface area contributed by atoms with Gasteiger partial charge in [-0.25, -0.2) is 4.79 Å². The van der Waals surface area contributed by atoms with Gasteiger partial charge in [-0.3, -0.25) is 10.1 Å². The Hall–Kier alpha value is -5.63. The van der Waals surface area contributed by atoms with Gasteiger partial charge in [0.05, 0.1) is 19.8 Å².